The maximum Gasteiger partial charge on any atom is 0.343 e. The second-order valence-electron chi connectivity index (χ2n) is 5.96. The number of rotatable bonds is 2. The van der Waals surface area contributed by atoms with E-state index in [4.69, 9.17) is 4.74 Å². The maximum absolute atomic E-state index is 13.4. The van der Waals surface area contributed by atoms with Gasteiger partial charge in [-0.1, -0.05) is 26.8 Å². The van der Waals surface area contributed by atoms with Crippen molar-refractivity contribution in [3.05, 3.63) is 59.2 Å². The van der Waals surface area contributed by atoms with Gasteiger partial charge in [0.1, 0.15) is 0 Å². The van der Waals surface area contributed by atoms with E-state index in [0.717, 1.165) is 11.1 Å². The molecule has 0 aliphatic rings. The fourth-order valence-electron chi connectivity index (χ4n) is 2.24. The lowest BCUT2D eigenvalue weighted by Gasteiger charge is -2.22. The Morgan fingerprint density at radius 3 is 2.52 bits per heavy atom. The lowest BCUT2D eigenvalue weighted by atomic mass is 9.83. The highest BCUT2D eigenvalue weighted by molar-refractivity contribution is 5.91. The van der Waals surface area contributed by atoms with Crippen molar-refractivity contribution in [2.24, 2.45) is 0 Å². The fraction of sp³-hybridized carbons (Fsp3) is 0.294. The molecular formula is C17H18FNO2. The van der Waals surface area contributed by atoms with Gasteiger partial charge in [-0.2, -0.15) is 4.39 Å². The first-order valence-electron chi connectivity index (χ1n) is 6.73. The standard InChI is InChI=1S/C17H18FNO2/c1-11-10-12(7-8-13(11)17(2,3)4)16(20)21-14-6-5-9-19-15(14)18/h5-10H,1-4H3. The molecule has 0 N–H and O–H groups in total. The fourth-order valence-corrected chi connectivity index (χ4v) is 2.24. The summed E-state index contributed by atoms with van der Waals surface area (Å²) in [5, 5.41) is 0. The SMILES string of the molecule is Cc1cc(C(=O)Oc2cccnc2F)ccc1C(C)(C)C. The van der Waals surface area contributed by atoms with E-state index in [0.29, 0.717) is 5.56 Å². The third-order valence-corrected chi connectivity index (χ3v) is 3.20. The number of nitrogens with zero attached hydrogens (tertiary/aromatic N) is 1. The van der Waals surface area contributed by atoms with E-state index in [-0.39, 0.29) is 11.2 Å². The Hall–Kier alpha value is -2.23. The summed E-state index contributed by atoms with van der Waals surface area (Å²) in [6, 6.07) is 8.25. The zero-order valence-electron chi connectivity index (χ0n) is 12.6. The van der Waals surface area contributed by atoms with Crippen molar-refractivity contribution in [3.8, 4) is 5.75 Å². The summed E-state index contributed by atoms with van der Waals surface area (Å²) >= 11 is 0. The summed E-state index contributed by atoms with van der Waals surface area (Å²) in [5.41, 5.74) is 2.56. The molecule has 1 aromatic heterocycles. The zero-order chi connectivity index (χ0) is 15.6. The Morgan fingerprint density at radius 1 is 1.24 bits per heavy atom. The van der Waals surface area contributed by atoms with Crippen LogP contribution >= 0.6 is 0 Å². The van der Waals surface area contributed by atoms with Gasteiger partial charge in [-0.05, 0) is 47.7 Å². The first-order chi connectivity index (χ1) is 9.79. The number of ether oxygens (including phenoxy) is 1. The number of pyridine rings is 1. The van der Waals surface area contributed by atoms with Gasteiger partial charge in [0.15, 0.2) is 5.75 Å². The Balaban J connectivity index is 2.25. The van der Waals surface area contributed by atoms with Crippen LogP contribution in [0.25, 0.3) is 0 Å². The average molecular weight is 287 g/mol. The summed E-state index contributed by atoms with van der Waals surface area (Å²) < 4.78 is 18.4. The smallest absolute Gasteiger partial charge is 0.343 e. The minimum Gasteiger partial charge on any atom is -0.418 e. The van der Waals surface area contributed by atoms with E-state index in [1.807, 2.05) is 13.0 Å². The second-order valence-corrected chi connectivity index (χ2v) is 5.96. The molecule has 0 atom stereocenters. The molecule has 0 aliphatic heterocycles. The lowest BCUT2D eigenvalue weighted by molar-refractivity contribution is 0.0726. The van der Waals surface area contributed by atoms with Crippen LogP contribution in [-0.2, 0) is 5.41 Å². The van der Waals surface area contributed by atoms with E-state index < -0.39 is 11.9 Å². The molecule has 0 unspecified atom stereocenters. The Labute approximate surface area is 123 Å². The summed E-state index contributed by atoms with van der Waals surface area (Å²) in [5.74, 6) is -1.56. The van der Waals surface area contributed by atoms with Crippen molar-refractivity contribution in [1.82, 2.24) is 4.98 Å². The van der Waals surface area contributed by atoms with E-state index in [1.165, 1.54) is 18.3 Å². The van der Waals surface area contributed by atoms with E-state index in [9.17, 15) is 9.18 Å². The first kappa shape index (κ1) is 15.2. The molecule has 2 aromatic rings. The second kappa shape index (κ2) is 5.64. The zero-order valence-corrected chi connectivity index (χ0v) is 12.6. The molecule has 0 saturated heterocycles. The van der Waals surface area contributed by atoms with Crippen molar-refractivity contribution in [2.75, 3.05) is 0 Å². The molecule has 3 nitrogen and oxygen atoms in total. The third kappa shape index (κ3) is 3.45. The monoisotopic (exact) mass is 287 g/mol. The molecule has 1 heterocycles. The molecule has 0 saturated carbocycles. The number of carbonyl (C=O) groups is 1. The maximum atomic E-state index is 13.4. The highest BCUT2D eigenvalue weighted by atomic mass is 19.1. The molecule has 0 radical (unpaired) electrons. The van der Waals surface area contributed by atoms with Crippen molar-refractivity contribution in [3.63, 3.8) is 0 Å². The minimum absolute atomic E-state index is 0.00196. The van der Waals surface area contributed by atoms with Crippen molar-refractivity contribution in [1.29, 1.82) is 0 Å². The van der Waals surface area contributed by atoms with Crippen LogP contribution in [0.2, 0.25) is 0 Å². The van der Waals surface area contributed by atoms with Gasteiger partial charge in [0.25, 0.3) is 5.95 Å². The highest BCUT2D eigenvalue weighted by Gasteiger charge is 2.18. The predicted molar refractivity (Wildman–Crippen MR) is 79.0 cm³/mol. The van der Waals surface area contributed by atoms with Crippen LogP contribution in [0.5, 0.6) is 5.75 Å². The number of aryl methyl sites for hydroxylation is 1. The Kier molecular flexibility index (Phi) is 4.07. The van der Waals surface area contributed by atoms with Gasteiger partial charge < -0.3 is 4.74 Å². The molecule has 0 amide bonds. The highest BCUT2D eigenvalue weighted by Crippen LogP contribution is 2.26. The first-order valence-corrected chi connectivity index (χ1v) is 6.73. The molecule has 0 spiro atoms. The van der Waals surface area contributed by atoms with Crippen molar-refractivity contribution >= 4 is 5.97 Å². The normalized spacial score (nSPS) is 11.3. The predicted octanol–water partition coefficient (Wildman–Crippen LogP) is 4.05. The van der Waals surface area contributed by atoms with E-state index in [1.54, 1.807) is 12.1 Å². The topological polar surface area (TPSA) is 39.2 Å². The largest absolute Gasteiger partial charge is 0.418 e. The molecule has 0 aliphatic carbocycles. The van der Waals surface area contributed by atoms with Gasteiger partial charge in [-0.25, -0.2) is 9.78 Å². The van der Waals surface area contributed by atoms with Gasteiger partial charge in [0, 0.05) is 6.20 Å². The lowest BCUT2D eigenvalue weighted by Crippen LogP contribution is -2.15. The molecule has 0 bridgehead atoms. The van der Waals surface area contributed by atoms with Crippen LogP contribution in [0.3, 0.4) is 0 Å². The molecule has 1 aromatic carbocycles. The molecule has 4 heteroatoms. The molecule has 2 rings (SSSR count). The van der Waals surface area contributed by atoms with Crippen LogP contribution in [0.1, 0.15) is 42.3 Å². The number of aromatic nitrogens is 1. The quantitative estimate of drug-likeness (QED) is 0.618. The Bertz CT molecular complexity index is 675. The van der Waals surface area contributed by atoms with Gasteiger partial charge in [0.05, 0.1) is 5.56 Å². The van der Waals surface area contributed by atoms with Crippen LogP contribution < -0.4 is 4.74 Å². The van der Waals surface area contributed by atoms with Crippen molar-refractivity contribution < 1.29 is 13.9 Å². The van der Waals surface area contributed by atoms with Crippen LogP contribution in [0, 0.1) is 12.9 Å². The van der Waals surface area contributed by atoms with Crippen molar-refractivity contribution in [2.45, 2.75) is 33.1 Å². The summed E-state index contributed by atoms with van der Waals surface area (Å²) in [4.78, 5) is 15.5. The number of benzene rings is 1. The summed E-state index contributed by atoms with van der Waals surface area (Å²) in [7, 11) is 0. The Morgan fingerprint density at radius 2 is 1.95 bits per heavy atom. The van der Waals surface area contributed by atoms with E-state index >= 15 is 0 Å². The molecule has 21 heavy (non-hydrogen) atoms. The molecule has 110 valence electrons. The number of carbonyl (C=O) groups excluding carboxylic acids is 1. The molecule has 0 fully saturated rings. The van der Waals surface area contributed by atoms with Crippen LogP contribution in [-0.4, -0.2) is 11.0 Å². The molecular weight excluding hydrogens is 269 g/mol. The van der Waals surface area contributed by atoms with Gasteiger partial charge >= 0.3 is 5.97 Å². The summed E-state index contributed by atoms with van der Waals surface area (Å²) in [6.45, 7) is 8.27. The number of hydrogen-bond acceptors (Lipinski definition) is 3. The van der Waals surface area contributed by atoms with Gasteiger partial charge in [-0.15, -0.1) is 0 Å². The van der Waals surface area contributed by atoms with E-state index in [2.05, 4.69) is 25.8 Å². The summed E-state index contributed by atoms with van der Waals surface area (Å²) in [6.07, 6.45) is 1.30. The van der Waals surface area contributed by atoms with Crippen LogP contribution in [0.15, 0.2) is 36.5 Å². The van der Waals surface area contributed by atoms with Gasteiger partial charge in [0.2, 0.25) is 0 Å². The van der Waals surface area contributed by atoms with Gasteiger partial charge in [-0.3, -0.25) is 0 Å². The third-order valence-electron chi connectivity index (χ3n) is 3.20. The number of hydrogen-bond donors (Lipinski definition) is 0. The number of halogens is 1. The minimum atomic E-state index is -0.797. The van der Waals surface area contributed by atoms with Crippen LogP contribution in [0.4, 0.5) is 4.39 Å². The average Bonchev–Trinajstić information content (AvgIpc) is 2.39. The number of esters is 1.